The molecule has 0 fully saturated rings. The van der Waals surface area contributed by atoms with Crippen LogP contribution in [0.15, 0.2) is 42.6 Å². The molecular formula is C17H15FN4O. The summed E-state index contributed by atoms with van der Waals surface area (Å²) in [6, 6.07) is 9.99. The van der Waals surface area contributed by atoms with Gasteiger partial charge in [0.05, 0.1) is 23.4 Å². The average Bonchev–Trinajstić information content (AvgIpc) is 3.10. The first-order chi connectivity index (χ1) is 11.1. The number of aryl methyl sites for hydroxylation is 1. The van der Waals surface area contributed by atoms with Crippen LogP contribution in [0.25, 0.3) is 10.9 Å². The predicted octanol–water partition coefficient (Wildman–Crippen LogP) is 3.20. The molecule has 6 heteroatoms. The lowest BCUT2D eigenvalue weighted by atomic mass is 10.1. The van der Waals surface area contributed by atoms with E-state index in [0.29, 0.717) is 5.69 Å². The van der Waals surface area contributed by atoms with Gasteiger partial charge < -0.3 is 11.1 Å². The Morgan fingerprint density at radius 2 is 2.22 bits per heavy atom. The molecule has 0 spiro atoms. The molecule has 2 amide bonds. The number of fused-ring (bicyclic) bond motifs is 2. The topological polar surface area (TPSA) is 72.9 Å². The molecule has 23 heavy (non-hydrogen) atoms. The quantitative estimate of drug-likeness (QED) is 0.763. The molecule has 1 heterocycles. The molecule has 1 aliphatic rings. The number of benzene rings is 2. The van der Waals surface area contributed by atoms with Crippen LogP contribution in [0.2, 0.25) is 0 Å². The maximum absolute atomic E-state index is 13.4. The van der Waals surface area contributed by atoms with Gasteiger partial charge in [-0.25, -0.2) is 9.18 Å². The molecule has 0 bridgehead atoms. The summed E-state index contributed by atoms with van der Waals surface area (Å²) < 4.78 is 15.3. The molecule has 1 unspecified atom stereocenters. The van der Waals surface area contributed by atoms with Gasteiger partial charge in [0.1, 0.15) is 5.82 Å². The molecule has 0 saturated heterocycles. The Labute approximate surface area is 131 Å². The van der Waals surface area contributed by atoms with Crippen molar-refractivity contribution in [1.29, 1.82) is 0 Å². The fourth-order valence-corrected chi connectivity index (χ4v) is 3.38. The number of anilines is 1. The van der Waals surface area contributed by atoms with E-state index in [-0.39, 0.29) is 11.9 Å². The van der Waals surface area contributed by atoms with E-state index >= 15 is 0 Å². The molecule has 1 aliphatic carbocycles. The predicted molar refractivity (Wildman–Crippen MR) is 85.8 cm³/mol. The molecule has 3 N–H and O–H groups in total. The number of nitrogens with one attached hydrogen (secondary N) is 1. The largest absolute Gasteiger partial charge is 0.351 e. The van der Waals surface area contributed by atoms with Gasteiger partial charge in [-0.15, -0.1) is 0 Å². The number of hydrogen-bond donors (Lipinski definition) is 2. The van der Waals surface area contributed by atoms with Gasteiger partial charge in [0.15, 0.2) is 0 Å². The first-order valence-electron chi connectivity index (χ1n) is 7.44. The van der Waals surface area contributed by atoms with E-state index in [9.17, 15) is 9.18 Å². The van der Waals surface area contributed by atoms with Crippen molar-refractivity contribution in [3.8, 4) is 0 Å². The first kappa shape index (κ1) is 13.8. The number of primary amides is 1. The summed E-state index contributed by atoms with van der Waals surface area (Å²) in [5, 5.41) is 7.95. The number of carbonyl (C=O) groups is 1. The maximum Gasteiger partial charge on any atom is 0.316 e. The summed E-state index contributed by atoms with van der Waals surface area (Å²) >= 11 is 0. The summed E-state index contributed by atoms with van der Waals surface area (Å²) in [5.41, 5.74) is 8.90. The van der Waals surface area contributed by atoms with Crippen molar-refractivity contribution in [2.75, 3.05) is 5.32 Å². The molecular weight excluding hydrogens is 295 g/mol. The molecule has 116 valence electrons. The number of urea groups is 1. The van der Waals surface area contributed by atoms with Crippen molar-refractivity contribution in [2.45, 2.75) is 18.9 Å². The van der Waals surface area contributed by atoms with Crippen LogP contribution >= 0.6 is 0 Å². The molecule has 0 saturated carbocycles. The number of hydrogen-bond acceptors (Lipinski definition) is 2. The van der Waals surface area contributed by atoms with Crippen LogP contribution in [0.4, 0.5) is 14.9 Å². The third kappa shape index (κ3) is 2.23. The third-order valence-electron chi connectivity index (χ3n) is 4.35. The van der Waals surface area contributed by atoms with Crippen LogP contribution in [-0.4, -0.2) is 15.8 Å². The Morgan fingerprint density at radius 1 is 1.35 bits per heavy atom. The van der Waals surface area contributed by atoms with Crippen LogP contribution in [0.3, 0.4) is 0 Å². The molecule has 5 nitrogen and oxygen atoms in total. The zero-order valence-electron chi connectivity index (χ0n) is 12.3. The zero-order chi connectivity index (χ0) is 16.0. The second-order valence-electron chi connectivity index (χ2n) is 5.71. The number of rotatable bonds is 2. The van der Waals surface area contributed by atoms with E-state index in [2.05, 4.69) is 10.4 Å². The van der Waals surface area contributed by atoms with Gasteiger partial charge in [-0.3, -0.25) is 4.68 Å². The standard InChI is InChI=1S/C17H15FN4O/c18-11-5-6-12-10(8-11)4-7-16(12)22-15-3-1-2-14(21-17(19)23)13(15)9-20-22/h1-3,5-6,8-9,16H,4,7H2,(H3,19,21,23). The van der Waals surface area contributed by atoms with Gasteiger partial charge >= 0.3 is 6.03 Å². The van der Waals surface area contributed by atoms with Crippen molar-refractivity contribution >= 4 is 22.6 Å². The Balaban J connectivity index is 1.81. The molecule has 0 radical (unpaired) electrons. The molecule has 1 aromatic heterocycles. The van der Waals surface area contributed by atoms with Crippen molar-refractivity contribution in [3.05, 3.63) is 59.5 Å². The van der Waals surface area contributed by atoms with Crippen molar-refractivity contribution in [3.63, 3.8) is 0 Å². The number of nitrogens with zero attached hydrogens (tertiary/aromatic N) is 2. The van der Waals surface area contributed by atoms with E-state index in [0.717, 1.165) is 34.9 Å². The molecule has 1 atom stereocenters. The Morgan fingerprint density at radius 3 is 3.04 bits per heavy atom. The van der Waals surface area contributed by atoms with E-state index < -0.39 is 6.03 Å². The minimum Gasteiger partial charge on any atom is -0.351 e. The highest BCUT2D eigenvalue weighted by atomic mass is 19.1. The van der Waals surface area contributed by atoms with Crippen LogP contribution in [0.5, 0.6) is 0 Å². The van der Waals surface area contributed by atoms with Crippen LogP contribution in [0, 0.1) is 5.82 Å². The minimum atomic E-state index is -0.605. The molecule has 2 aromatic carbocycles. The summed E-state index contributed by atoms with van der Waals surface area (Å²) in [5.74, 6) is -0.206. The van der Waals surface area contributed by atoms with Crippen LogP contribution in [-0.2, 0) is 6.42 Å². The number of nitrogens with two attached hydrogens (primary N) is 1. The maximum atomic E-state index is 13.4. The fourth-order valence-electron chi connectivity index (χ4n) is 3.38. The smallest absolute Gasteiger partial charge is 0.316 e. The number of carbonyl (C=O) groups excluding carboxylic acids is 1. The van der Waals surface area contributed by atoms with Gasteiger partial charge in [0.25, 0.3) is 0 Å². The summed E-state index contributed by atoms with van der Waals surface area (Å²) in [4.78, 5) is 11.1. The molecule has 0 aliphatic heterocycles. The normalized spacial score (nSPS) is 16.5. The minimum absolute atomic E-state index is 0.0759. The van der Waals surface area contributed by atoms with Gasteiger partial charge in [0.2, 0.25) is 0 Å². The number of amides is 2. The van der Waals surface area contributed by atoms with Crippen LogP contribution in [0.1, 0.15) is 23.6 Å². The monoisotopic (exact) mass is 310 g/mol. The Hall–Kier alpha value is -2.89. The SMILES string of the molecule is NC(=O)Nc1cccc2c1cnn2C1CCc2cc(F)ccc21. The summed E-state index contributed by atoms with van der Waals surface area (Å²) in [6.45, 7) is 0. The van der Waals surface area contributed by atoms with Gasteiger partial charge in [-0.1, -0.05) is 12.1 Å². The number of aromatic nitrogens is 2. The van der Waals surface area contributed by atoms with E-state index in [1.54, 1.807) is 18.3 Å². The molecule has 3 aromatic rings. The second kappa shape index (κ2) is 5.08. The Bertz CT molecular complexity index is 918. The van der Waals surface area contributed by atoms with Crippen LogP contribution < -0.4 is 11.1 Å². The lowest BCUT2D eigenvalue weighted by Gasteiger charge is -2.14. The van der Waals surface area contributed by atoms with Gasteiger partial charge in [0, 0.05) is 5.39 Å². The van der Waals surface area contributed by atoms with E-state index in [1.165, 1.54) is 6.07 Å². The van der Waals surface area contributed by atoms with Gasteiger partial charge in [-0.05, 0) is 48.2 Å². The van der Waals surface area contributed by atoms with Gasteiger partial charge in [-0.2, -0.15) is 5.10 Å². The van der Waals surface area contributed by atoms with Crippen molar-refractivity contribution in [2.24, 2.45) is 5.73 Å². The lowest BCUT2D eigenvalue weighted by molar-refractivity contribution is 0.259. The van der Waals surface area contributed by atoms with E-state index in [4.69, 9.17) is 5.73 Å². The Kier molecular flexibility index (Phi) is 3.04. The second-order valence-corrected chi connectivity index (χ2v) is 5.71. The summed E-state index contributed by atoms with van der Waals surface area (Å²) in [6.07, 6.45) is 3.43. The average molecular weight is 310 g/mol. The summed E-state index contributed by atoms with van der Waals surface area (Å²) in [7, 11) is 0. The molecule has 4 rings (SSSR count). The van der Waals surface area contributed by atoms with Crippen molar-refractivity contribution < 1.29 is 9.18 Å². The third-order valence-corrected chi connectivity index (χ3v) is 4.35. The highest BCUT2D eigenvalue weighted by Gasteiger charge is 2.26. The fraction of sp³-hybridized carbons (Fsp3) is 0.176. The first-order valence-corrected chi connectivity index (χ1v) is 7.44. The number of halogens is 1. The van der Waals surface area contributed by atoms with E-state index in [1.807, 2.05) is 22.9 Å². The highest BCUT2D eigenvalue weighted by Crippen LogP contribution is 2.37. The lowest BCUT2D eigenvalue weighted by Crippen LogP contribution is -2.19. The zero-order valence-corrected chi connectivity index (χ0v) is 12.3. The highest BCUT2D eigenvalue weighted by molar-refractivity contribution is 5.99. The van der Waals surface area contributed by atoms with Crippen molar-refractivity contribution in [1.82, 2.24) is 9.78 Å².